The zero-order valence-corrected chi connectivity index (χ0v) is 20.2. The van der Waals surface area contributed by atoms with Crippen LogP contribution in [0.4, 0.5) is 0 Å². The molecule has 3 aromatic carbocycles. The number of nitrogens with one attached hydrogen (secondary N) is 1. The first-order valence-corrected chi connectivity index (χ1v) is 13.0. The fraction of sp³-hybridized carbons (Fsp3) is 0.259. The van der Waals surface area contributed by atoms with Crippen molar-refractivity contribution in [1.29, 1.82) is 5.26 Å². The molecular formula is C27H28N4O3S. The van der Waals surface area contributed by atoms with E-state index in [2.05, 4.69) is 17.4 Å². The molecule has 1 atom stereocenters. The van der Waals surface area contributed by atoms with Gasteiger partial charge in [-0.25, -0.2) is 8.42 Å². The average Bonchev–Trinajstić information content (AvgIpc) is 2.90. The minimum Gasteiger partial charge on any atom is -0.348 e. The lowest BCUT2D eigenvalue weighted by Gasteiger charge is -2.33. The van der Waals surface area contributed by atoms with Crippen LogP contribution in [-0.4, -0.2) is 56.3 Å². The molecule has 0 bridgehead atoms. The molecule has 1 saturated heterocycles. The first-order chi connectivity index (χ1) is 17.0. The SMILES string of the molecule is N#Cc1ccc(S(=O)(=O)N2CCN(CC(=O)NC(Cc3ccccc3)c3ccccc3)CC2)cc1. The molecule has 3 aromatic rings. The summed E-state index contributed by atoms with van der Waals surface area (Å²) in [6.45, 7) is 1.77. The van der Waals surface area contributed by atoms with Crippen molar-refractivity contribution in [1.82, 2.24) is 14.5 Å². The molecule has 7 nitrogen and oxygen atoms in total. The third-order valence-corrected chi connectivity index (χ3v) is 8.05. The fourth-order valence-electron chi connectivity index (χ4n) is 4.21. The predicted molar refractivity (Wildman–Crippen MR) is 134 cm³/mol. The van der Waals surface area contributed by atoms with Crippen molar-refractivity contribution >= 4 is 15.9 Å². The van der Waals surface area contributed by atoms with E-state index >= 15 is 0 Å². The number of carbonyl (C=O) groups is 1. The number of hydrogen-bond acceptors (Lipinski definition) is 5. The van der Waals surface area contributed by atoms with Crippen LogP contribution in [0.2, 0.25) is 0 Å². The molecule has 1 heterocycles. The highest BCUT2D eigenvalue weighted by Crippen LogP contribution is 2.20. The van der Waals surface area contributed by atoms with Crippen molar-refractivity contribution in [3.63, 3.8) is 0 Å². The predicted octanol–water partition coefficient (Wildman–Crippen LogP) is 2.96. The highest BCUT2D eigenvalue weighted by molar-refractivity contribution is 7.89. The van der Waals surface area contributed by atoms with Crippen LogP contribution in [0, 0.1) is 11.3 Å². The molecule has 1 aliphatic heterocycles. The van der Waals surface area contributed by atoms with Gasteiger partial charge in [0.1, 0.15) is 0 Å². The van der Waals surface area contributed by atoms with Crippen LogP contribution in [0.25, 0.3) is 0 Å². The summed E-state index contributed by atoms with van der Waals surface area (Å²) in [6, 6.07) is 27.8. The molecule has 0 saturated carbocycles. The van der Waals surface area contributed by atoms with E-state index in [0.717, 1.165) is 11.1 Å². The van der Waals surface area contributed by atoms with Gasteiger partial charge in [0.15, 0.2) is 0 Å². The summed E-state index contributed by atoms with van der Waals surface area (Å²) in [5.41, 5.74) is 2.60. The fourth-order valence-corrected chi connectivity index (χ4v) is 5.63. The minimum absolute atomic E-state index is 0.0850. The highest BCUT2D eigenvalue weighted by Gasteiger charge is 2.29. The average molecular weight is 489 g/mol. The number of nitrogens with zero attached hydrogens (tertiary/aromatic N) is 3. The lowest BCUT2D eigenvalue weighted by molar-refractivity contribution is -0.123. The summed E-state index contributed by atoms with van der Waals surface area (Å²) in [7, 11) is -3.63. The summed E-state index contributed by atoms with van der Waals surface area (Å²) in [5, 5.41) is 12.1. The van der Waals surface area contributed by atoms with Crippen molar-refractivity contribution in [3.05, 3.63) is 102 Å². The second-order valence-corrected chi connectivity index (χ2v) is 10.5. The van der Waals surface area contributed by atoms with Gasteiger partial charge in [-0.1, -0.05) is 60.7 Å². The number of sulfonamides is 1. The quantitative estimate of drug-likeness (QED) is 0.526. The van der Waals surface area contributed by atoms with Crippen LogP contribution < -0.4 is 5.32 Å². The van der Waals surface area contributed by atoms with Crippen LogP contribution >= 0.6 is 0 Å². The molecule has 0 aliphatic carbocycles. The maximum atomic E-state index is 12.9. The Hall–Kier alpha value is -3.51. The Morgan fingerprint density at radius 1 is 0.886 bits per heavy atom. The number of benzene rings is 3. The first-order valence-electron chi connectivity index (χ1n) is 11.6. The van der Waals surface area contributed by atoms with Crippen molar-refractivity contribution in [2.45, 2.75) is 17.4 Å². The van der Waals surface area contributed by atoms with E-state index in [0.29, 0.717) is 38.2 Å². The zero-order valence-electron chi connectivity index (χ0n) is 19.4. The van der Waals surface area contributed by atoms with Gasteiger partial charge in [-0.3, -0.25) is 9.69 Å². The third-order valence-electron chi connectivity index (χ3n) is 6.14. The van der Waals surface area contributed by atoms with E-state index in [1.807, 2.05) is 59.5 Å². The molecule has 0 spiro atoms. The first kappa shape index (κ1) is 24.6. The van der Waals surface area contributed by atoms with E-state index in [4.69, 9.17) is 5.26 Å². The van der Waals surface area contributed by atoms with Crippen LogP contribution in [-0.2, 0) is 21.2 Å². The lowest BCUT2D eigenvalue weighted by atomic mass is 9.99. The van der Waals surface area contributed by atoms with Crippen LogP contribution in [0.5, 0.6) is 0 Å². The van der Waals surface area contributed by atoms with Crippen molar-refractivity contribution in [2.75, 3.05) is 32.7 Å². The number of nitriles is 1. The van der Waals surface area contributed by atoms with Crippen molar-refractivity contribution < 1.29 is 13.2 Å². The highest BCUT2D eigenvalue weighted by atomic mass is 32.2. The van der Waals surface area contributed by atoms with E-state index in [1.165, 1.54) is 28.6 Å². The Morgan fingerprint density at radius 3 is 2.09 bits per heavy atom. The monoisotopic (exact) mass is 488 g/mol. The van der Waals surface area contributed by atoms with Crippen LogP contribution in [0.1, 0.15) is 22.7 Å². The van der Waals surface area contributed by atoms with Crippen LogP contribution in [0.3, 0.4) is 0 Å². The minimum atomic E-state index is -3.63. The van der Waals surface area contributed by atoms with Crippen molar-refractivity contribution in [2.24, 2.45) is 0 Å². The lowest BCUT2D eigenvalue weighted by Crippen LogP contribution is -2.51. The van der Waals surface area contributed by atoms with Gasteiger partial charge in [0, 0.05) is 26.2 Å². The maximum Gasteiger partial charge on any atom is 0.243 e. The number of rotatable bonds is 8. The summed E-state index contributed by atoms with van der Waals surface area (Å²) >= 11 is 0. The zero-order chi connectivity index (χ0) is 24.7. The van der Waals surface area contributed by atoms with E-state index < -0.39 is 10.0 Å². The van der Waals surface area contributed by atoms with Gasteiger partial charge in [-0.15, -0.1) is 0 Å². The molecule has 1 fully saturated rings. The van der Waals surface area contributed by atoms with Gasteiger partial charge in [-0.05, 0) is 41.8 Å². The molecule has 180 valence electrons. The van der Waals surface area contributed by atoms with Gasteiger partial charge >= 0.3 is 0 Å². The number of carbonyl (C=O) groups excluding carboxylic acids is 1. The molecule has 1 aliphatic rings. The summed E-state index contributed by atoms with van der Waals surface area (Å²) < 4.78 is 27.3. The molecule has 35 heavy (non-hydrogen) atoms. The van der Waals surface area contributed by atoms with Gasteiger partial charge in [0.25, 0.3) is 0 Å². The number of amides is 1. The van der Waals surface area contributed by atoms with Gasteiger partial charge in [-0.2, -0.15) is 9.57 Å². The smallest absolute Gasteiger partial charge is 0.243 e. The Bertz CT molecular complexity index is 1270. The Balaban J connectivity index is 1.34. The molecule has 0 radical (unpaired) electrons. The summed E-state index contributed by atoms with van der Waals surface area (Å²) in [4.78, 5) is 15.1. The normalized spacial score (nSPS) is 15.7. The summed E-state index contributed by atoms with van der Waals surface area (Å²) in [5.74, 6) is -0.0850. The molecule has 4 rings (SSSR count). The van der Waals surface area contributed by atoms with Gasteiger partial charge in [0.05, 0.1) is 29.1 Å². The standard InChI is InChI=1S/C27H28N4O3S/c28-20-23-11-13-25(14-12-23)35(33,34)31-17-15-30(16-18-31)21-27(32)29-26(24-9-5-2-6-10-24)19-22-7-3-1-4-8-22/h1-14,26H,15-19,21H2,(H,29,32). The largest absolute Gasteiger partial charge is 0.348 e. The molecule has 1 N–H and O–H groups in total. The van der Waals surface area contributed by atoms with E-state index in [-0.39, 0.29) is 23.4 Å². The third kappa shape index (κ3) is 6.34. The Labute approximate surface area is 206 Å². The molecule has 8 heteroatoms. The second-order valence-electron chi connectivity index (χ2n) is 8.54. The second kappa shape index (κ2) is 11.3. The topological polar surface area (TPSA) is 93.5 Å². The maximum absolute atomic E-state index is 12.9. The van der Waals surface area contributed by atoms with Crippen LogP contribution in [0.15, 0.2) is 89.8 Å². The Kier molecular flexibility index (Phi) is 7.93. The number of piperazine rings is 1. The molecular weight excluding hydrogens is 460 g/mol. The summed E-state index contributed by atoms with van der Waals surface area (Å²) in [6.07, 6.45) is 0.688. The van der Waals surface area contributed by atoms with E-state index in [1.54, 1.807) is 0 Å². The molecule has 1 amide bonds. The Morgan fingerprint density at radius 2 is 1.49 bits per heavy atom. The molecule has 1 unspecified atom stereocenters. The van der Waals surface area contributed by atoms with Gasteiger partial charge in [0.2, 0.25) is 15.9 Å². The van der Waals surface area contributed by atoms with E-state index in [9.17, 15) is 13.2 Å². The molecule has 0 aromatic heterocycles. The van der Waals surface area contributed by atoms with Gasteiger partial charge < -0.3 is 5.32 Å². The van der Waals surface area contributed by atoms with Crippen molar-refractivity contribution in [3.8, 4) is 6.07 Å². The number of hydrogen-bond donors (Lipinski definition) is 1.